The first-order valence-corrected chi connectivity index (χ1v) is 6.27. The van der Waals surface area contributed by atoms with Crippen LogP contribution in [0.4, 0.5) is 0 Å². The molecule has 0 aromatic heterocycles. The van der Waals surface area contributed by atoms with E-state index in [0.29, 0.717) is 0 Å². The zero-order valence-corrected chi connectivity index (χ0v) is 9.25. The molecular formula is C11H19NS. The minimum absolute atomic E-state index is 0.927. The maximum atomic E-state index is 3.48. The minimum Gasteiger partial charge on any atom is -0.316 e. The summed E-state index contributed by atoms with van der Waals surface area (Å²) in [6.45, 7) is 4.16. The lowest BCUT2D eigenvalue weighted by Crippen LogP contribution is -2.26. The second kappa shape index (κ2) is 7.29. The van der Waals surface area contributed by atoms with Crippen molar-refractivity contribution in [3.05, 3.63) is 0 Å². The van der Waals surface area contributed by atoms with Crippen LogP contribution in [-0.4, -0.2) is 24.6 Å². The molecule has 0 atom stereocenters. The van der Waals surface area contributed by atoms with E-state index in [-0.39, 0.29) is 0 Å². The highest BCUT2D eigenvalue weighted by Crippen LogP contribution is 2.21. The number of thioether (sulfide) groups is 1. The molecular weight excluding hydrogens is 178 g/mol. The Morgan fingerprint density at radius 1 is 1.38 bits per heavy atom. The first-order chi connectivity index (χ1) is 6.43. The third kappa shape index (κ3) is 5.23. The zero-order chi connectivity index (χ0) is 9.36. The predicted molar refractivity (Wildman–Crippen MR) is 61.0 cm³/mol. The van der Waals surface area contributed by atoms with Crippen molar-refractivity contribution < 1.29 is 0 Å². The molecule has 1 rings (SSSR count). The molecule has 0 aromatic carbocycles. The fraction of sp³-hybridized carbons (Fsp3) is 0.818. The average molecular weight is 197 g/mol. The monoisotopic (exact) mass is 197 g/mol. The first kappa shape index (κ1) is 10.9. The Hall–Kier alpha value is -0.130. The van der Waals surface area contributed by atoms with Gasteiger partial charge in [0.25, 0.3) is 0 Å². The van der Waals surface area contributed by atoms with Gasteiger partial charge in [-0.1, -0.05) is 0 Å². The molecule has 0 aliphatic carbocycles. The molecule has 1 N–H and O–H groups in total. The van der Waals surface area contributed by atoms with E-state index in [1.807, 2.05) is 6.92 Å². The number of nitrogens with one attached hydrogen (secondary N) is 1. The van der Waals surface area contributed by atoms with Crippen molar-refractivity contribution >= 4 is 11.8 Å². The van der Waals surface area contributed by atoms with Crippen LogP contribution in [0.5, 0.6) is 0 Å². The highest BCUT2D eigenvalue weighted by atomic mass is 32.2. The molecule has 74 valence electrons. The van der Waals surface area contributed by atoms with Crippen molar-refractivity contribution in [2.75, 3.05) is 24.6 Å². The molecule has 13 heavy (non-hydrogen) atoms. The molecule has 1 heterocycles. The van der Waals surface area contributed by atoms with Gasteiger partial charge in [-0.05, 0) is 43.7 Å². The summed E-state index contributed by atoms with van der Waals surface area (Å²) in [7, 11) is 0. The third-order valence-corrected chi connectivity index (χ3v) is 3.43. The summed E-state index contributed by atoms with van der Waals surface area (Å²) < 4.78 is 0. The van der Waals surface area contributed by atoms with Crippen molar-refractivity contribution in [1.82, 2.24) is 5.32 Å². The van der Waals surface area contributed by atoms with Gasteiger partial charge in [-0.2, -0.15) is 11.8 Å². The second-order valence-corrected chi connectivity index (χ2v) is 4.66. The Kier molecular flexibility index (Phi) is 6.14. The van der Waals surface area contributed by atoms with E-state index in [1.54, 1.807) is 0 Å². The molecule has 0 aromatic rings. The molecule has 0 spiro atoms. The molecule has 1 aliphatic heterocycles. The van der Waals surface area contributed by atoms with Gasteiger partial charge in [-0.3, -0.25) is 0 Å². The van der Waals surface area contributed by atoms with Crippen LogP contribution in [-0.2, 0) is 0 Å². The SMILES string of the molecule is CC#CCCNCC1CCSCC1. The summed E-state index contributed by atoms with van der Waals surface area (Å²) in [5.41, 5.74) is 0. The summed E-state index contributed by atoms with van der Waals surface area (Å²) in [6.07, 6.45) is 3.80. The van der Waals surface area contributed by atoms with Crippen molar-refractivity contribution in [3.8, 4) is 11.8 Å². The largest absolute Gasteiger partial charge is 0.316 e. The Morgan fingerprint density at radius 3 is 2.85 bits per heavy atom. The fourth-order valence-corrected chi connectivity index (χ4v) is 2.74. The Morgan fingerprint density at radius 2 is 2.15 bits per heavy atom. The molecule has 0 unspecified atom stereocenters. The molecule has 1 nitrogen and oxygen atoms in total. The van der Waals surface area contributed by atoms with Crippen LogP contribution < -0.4 is 5.32 Å². The van der Waals surface area contributed by atoms with Crippen LogP contribution in [0.2, 0.25) is 0 Å². The summed E-state index contributed by atoms with van der Waals surface area (Å²) in [5, 5.41) is 3.48. The summed E-state index contributed by atoms with van der Waals surface area (Å²) in [5.74, 6) is 9.63. The highest BCUT2D eigenvalue weighted by Gasteiger charge is 2.12. The van der Waals surface area contributed by atoms with Gasteiger partial charge in [0.1, 0.15) is 0 Å². The van der Waals surface area contributed by atoms with Crippen LogP contribution in [0, 0.1) is 17.8 Å². The van der Waals surface area contributed by atoms with E-state index in [2.05, 4.69) is 28.9 Å². The quantitative estimate of drug-likeness (QED) is 0.547. The topological polar surface area (TPSA) is 12.0 Å². The van der Waals surface area contributed by atoms with Crippen LogP contribution in [0.15, 0.2) is 0 Å². The van der Waals surface area contributed by atoms with Crippen molar-refractivity contribution in [1.29, 1.82) is 0 Å². The smallest absolute Gasteiger partial charge is 0.0214 e. The average Bonchev–Trinajstić information content (AvgIpc) is 2.19. The summed E-state index contributed by atoms with van der Waals surface area (Å²) >= 11 is 2.10. The molecule has 1 fully saturated rings. The standard InChI is InChI=1S/C11H19NS/c1-2-3-4-7-12-10-11-5-8-13-9-6-11/h11-12H,4-10H2,1H3. The normalized spacial score (nSPS) is 17.9. The Labute approximate surface area is 86.1 Å². The second-order valence-electron chi connectivity index (χ2n) is 3.44. The van der Waals surface area contributed by atoms with Crippen LogP contribution >= 0.6 is 11.8 Å². The zero-order valence-electron chi connectivity index (χ0n) is 8.44. The van der Waals surface area contributed by atoms with Gasteiger partial charge in [0.05, 0.1) is 0 Å². The van der Waals surface area contributed by atoms with E-state index in [4.69, 9.17) is 0 Å². The Bertz CT molecular complexity index is 174. The maximum absolute atomic E-state index is 3.48. The van der Waals surface area contributed by atoms with E-state index >= 15 is 0 Å². The Balaban J connectivity index is 1.94. The first-order valence-electron chi connectivity index (χ1n) is 5.11. The van der Waals surface area contributed by atoms with Crippen LogP contribution in [0.25, 0.3) is 0 Å². The van der Waals surface area contributed by atoms with Gasteiger partial charge in [0, 0.05) is 13.0 Å². The van der Waals surface area contributed by atoms with Gasteiger partial charge in [-0.15, -0.1) is 11.8 Å². The molecule has 0 amide bonds. The van der Waals surface area contributed by atoms with E-state index in [9.17, 15) is 0 Å². The molecule has 0 bridgehead atoms. The number of hydrogen-bond acceptors (Lipinski definition) is 2. The van der Waals surface area contributed by atoms with Crippen LogP contribution in [0.3, 0.4) is 0 Å². The molecule has 1 saturated heterocycles. The summed E-state index contributed by atoms with van der Waals surface area (Å²) in [4.78, 5) is 0. The molecule has 0 radical (unpaired) electrons. The molecule has 1 aliphatic rings. The van der Waals surface area contributed by atoms with Crippen LogP contribution in [0.1, 0.15) is 26.2 Å². The van der Waals surface area contributed by atoms with Gasteiger partial charge in [-0.25, -0.2) is 0 Å². The van der Waals surface area contributed by atoms with E-state index in [1.165, 1.54) is 30.9 Å². The maximum Gasteiger partial charge on any atom is 0.0214 e. The van der Waals surface area contributed by atoms with Crippen molar-refractivity contribution in [2.45, 2.75) is 26.2 Å². The van der Waals surface area contributed by atoms with Gasteiger partial charge >= 0.3 is 0 Å². The van der Waals surface area contributed by atoms with Gasteiger partial charge in [0.15, 0.2) is 0 Å². The molecule has 2 heteroatoms. The highest BCUT2D eigenvalue weighted by molar-refractivity contribution is 7.99. The number of rotatable bonds is 4. The molecule has 0 saturated carbocycles. The van der Waals surface area contributed by atoms with Gasteiger partial charge in [0.2, 0.25) is 0 Å². The van der Waals surface area contributed by atoms with E-state index in [0.717, 1.165) is 18.9 Å². The summed E-state index contributed by atoms with van der Waals surface area (Å²) in [6, 6.07) is 0. The van der Waals surface area contributed by atoms with Crippen molar-refractivity contribution in [3.63, 3.8) is 0 Å². The lowest BCUT2D eigenvalue weighted by Gasteiger charge is -2.21. The van der Waals surface area contributed by atoms with E-state index < -0.39 is 0 Å². The number of hydrogen-bond donors (Lipinski definition) is 1. The minimum atomic E-state index is 0.927. The third-order valence-electron chi connectivity index (χ3n) is 2.38. The lowest BCUT2D eigenvalue weighted by molar-refractivity contribution is 0.451. The predicted octanol–water partition coefficient (Wildman–Crippen LogP) is 2.13. The lowest BCUT2D eigenvalue weighted by atomic mass is 10.0. The van der Waals surface area contributed by atoms with Gasteiger partial charge < -0.3 is 5.32 Å². The van der Waals surface area contributed by atoms with Crippen molar-refractivity contribution in [2.24, 2.45) is 5.92 Å². The fourth-order valence-electron chi connectivity index (χ4n) is 1.53.